The van der Waals surface area contributed by atoms with Gasteiger partial charge in [-0.15, -0.1) is 0 Å². The Hall–Kier alpha value is -2.82. The molecule has 3 aromatic rings. The second-order valence-electron chi connectivity index (χ2n) is 5.72. The number of pyridine rings is 1. The third-order valence-electron chi connectivity index (χ3n) is 4.06. The molecule has 1 aliphatic rings. The summed E-state index contributed by atoms with van der Waals surface area (Å²) in [5.74, 6) is 1.23. The number of furan rings is 1. The largest absolute Gasteiger partial charge is 0.467 e. The van der Waals surface area contributed by atoms with Gasteiger partial charge in [0, 0.05) is 10.9 Å². The molecule has 0 spiro atoms. The zero-order valence-electron chi connectivity index (χ0n) is 12.8. The molecule has 0 radical (unpaired) electrons. The summed E-state index contributed by atoms with van der Waals surface area (Å²) >= 11 is 0. The molecule has 5 nitrogen and oxygen atoms in total. The molecule has 3 heterocycles. The molecule has 116 valence electrons. The number of aryl methyl sites for hydroxylation is 1. The molecule has 0 saturated carbocycles. The Balaban J connectivity index is 1.73. The topological polar surface area (TPSA) is 55.6 Å². The summed E-state index contributed by atoms with van der Waals surface area (Å²) in [6.45, 7) is 2.91. The molecular formula is C18H16N2O3. The summed E-state index contributed by atoms with van der Waals surface area (Å²) in [6, 6.07) is 11.8. The fourth-order valence-corrected chi connectivity index (χ4v) is 2.86. The van der Waals surface area contributed by atoms with E-state index in [0.29, 0.717) is 19.0 Å². The van der Waals surface area contributed by atoms with Crippen LogP contribution in [0.3, 0.4) is 0 Å². The Morgan fingerprint density at radius 2 is 2.17 bits per heavy atom. The van der Waals surface area contributed by atoms with Gasteiger partial charge < -0.3 is 14.1 Å². The molecule has 0 aliphatic carbocycles. The molecular weight excluding hydrogens is 292 g/mol. The molecule has 0 N–H and O–H groups in total. The van der Waals surface area contributed by atoms with Crippen LogP contribution in [-0.4, -0.2) is 22.4 Å². The normalized spacial score (nSPS) is 14.5. The maximum absolute atomic E-state index is 12.3. The van der Waals surface area contributed by atoms with Gasteiger partial charge in [-0.3, -0.25) is 4.79 Å². The minimum atomic E-state index is -0.0693. The van der Waals surface area contributed by atoms with E-state index in [-0.39, 0.29) is 12.5 Å². The van der Waals surface area contributed by atoms with Gasteiger partial charge >= 0.3 is 0 Å². The highest BCUT2D eigenvalue weighted by molar-refractivity contribution is 5.84. The van der Waals surface area contributed by atoms with Gasteiger partial charge in [0.2, 0.25) is 5.88 Å². The van der Waals surface area contributed by atoms with E-state index in [2.05, 4.69) is 11.1 Å². The van der Waals surface area contributed by atoms with Crippen molar-refractivity contribution in [2.45, 2.75) is 20.0 Å². The Bertz CT molecular complexity index is 871. The Kier molecular flexibility index (Phi) is 3.26. The number of carbonyl (C=O) groups is 1. The zero-order chi connectivity index (χ0) is 15.8. The van der Waals surface area contributed by atoms with Crippen LogP contribution in [0.15, 0.2) is 47.1 Å². The first-order valence-corrected chi connectivity index (χ1v) is 7.53. The fraction of sp³-hybridized carbons (Fsp3) is 0.222. The second-order valence-corrected chi connectivity index (χ2v) is 5.72. The van der Waals surface area contributed by atoms with Crippen molar-refractivity contribution < 1.29 is 13.9 Å². The predicted molar refractivity (Wildman–Crippen MR) is 84.9 cm³/mol. The lowest BCUT2D eigenvalue weighted by molar-refractivity contribution is -0.134. The summed E-state index contributed by atoms with van der Waals surface area (Å²) in [5, 5.41) is 1.06. The first kappa shape index (κ1) is 13.8. The highest BCUT2D eigenvalue weighted by atomic mass is 16.5. The number of hydrogen-bond donors (Lipinski definition) is 0. The monoisotopic (exact) mass is 308 g/mol. The fourth-order valence-electron chi connectivity index (χ4n) is 2.86. The number of rotatable bonds is 2. The lowest BCUT2D eigenvalue weighted by Crippen LogP contribution is -2.31. The van der Waals surface area contributed by atoms with Crippen molar-refractivity contribution in [1.82, 2.24) is 9.88 Å². The Morgan fingerprint density at radius 3 is 3.00 bits per heavy atom. The number of amides is 1. The van der Waals surface area contributed by atoms with Crippen molar-refractivity contribution in [2.75, 3.05) is 6.61 Å². The maximum Gasteiger partial charge on any atom is 0.261 e. The smallest absolute Gasteiger partial charge is 0.261 e. The molecule has 4 rings (SSSR count). The molecule has 1 aromatic carbocycles. The van der Waals surface area contributed by atoms with Crippen molar-refractivity contribution in [3.05, 3.63) is 59.5 Å². The number of fused-ring (bicyclic) bond motifs is 2. The molecule has 0 fully saturated rings. The molecule has 1 aliphatic heterocycles. The van der Waals surface area contributed by atoms with Crippen LogP contribution >= 0.6 is 0 Å². The molecule has 0 atom stereocenters. The molecule has 23 heavy (non-hydrogen) atoms. The number of aromatic nitrogens is 1. The highest BCUT2D eigenvalue weighted by Crippen LogP contribution is 2.28. The number of ether oxygens (including phenoxy) is 1. The lowest BCUT2D eigenvalue weighted by Gasteiger charge is -2.18. The second kappa shape index (κ2) is 5.43. The van der Waals surface area contributed by atoms with Gasteiger partial charge in [-0.1, -0.05) is 18.2 Å². The van der Waals surface area contributed by atoms with Crippen molar-refractivity contribution in [2.24, 2.45) is 0 Å². The third kappa shape index (κ3) is 2.54. The van der Waals surface area contributed by atoms with E-state index in [1.807, 2.05) is 37.3 Å². The summed E-state index contributed by atoms with van der Waals surface area (Å²) in [7, 11) is 0. The van der Waals surface area contributed by atoms with E-state index in [1.54, 1.807) is 11.2 Å². The Labute approximate surface area is 133 Å². The minimum absolute atomic E-state index is 0.00189. The van der Waals surface area contributed by atoms with Gasteiger partial charge in [-0.25, -0.2) is 4.98 Å². The zero-order valence-corrected chi connectivity index (χ0v) is 12.8. The lowest BCUT2D eigenvalue weighted by atomic mass is 10.1. The van der Waals surface area contributed by atoms with Crippen LogP contribution in [0.1, 0.15) is 16.9 Å². The van der Waals surface area contributed by atoms with Crippen LogP contribution in [-0.2, 0) is 17.9 Å². The summed E-state index contributed by atoms with van der Waals surface area (Å²) in [5.41, 5.74) is 2.93. The molecule has 0 saturated heterocycles. The number of hydrogen-bond acceptors (Lipinski definition) is 4. The van der Waals surface area contributed by atoms with E-state index in [1.165, 1.54) is 0 Å². The van der Waals surface area contributed by atoms with Gasteiger partial charge in [0.15, 0.2) is 6.61 Å². The van der Waals surface area contributed by atoms with Gasteiger partial charge in [0.25, 0.3) is 5.91 Å². The molecule has 5 heteroatoms. The van der Waals surface area contributed by atoms with Crippen LogP contribution in [0.4, 0.5) is 0 Å². The highest BCUT2D eigenvalue weighted by Gasteiger charge is 2.24. The van der Waals surface area contributed by atoms with Gasteiger partial charge in [-0.2, -0.15) is 0 Å². The van der Waals surface area contributed by atoms with Crippen molar-refractivity contribution in [3.8, 4) is 5.88 Å². The number of carbonyl (C=O) groups excluding carboxylic acids is 1. The van der Waals surface area contributed by atoms with E-state index in [0.717, 1.165) is 27.8 Å². The van der Waals surface area contributed by atoms with Crippen LogP contribution in [0.25, 0.3) is 10.9 Å². The molecule has 0 bridgehead atoms. The van der Waals surface area contributed by atoms with Crippen LogP contribution < -0.4 is 4.74 Å². The maximum atomic E-state index is 12.3. The summed E-state index contributed by atoms with van der Waals surface area (Å²) < 4.78 is 11.0. The van der Waals surface area contributed by atoms with Gasteiger partial charge in [0.1, 0.15) is 5.76 Å². The molecule has 2 aromatic heterocycles. The minimum Gasteiger partial charge on any atom is -0.467 e. The number of nitrogens with zero attached hydrogens (tertiary/aromatic N) is 2. The van der Waals surface area contributed by atoms with Crippen molar-refractivity contribution in [3.63, 3.8) is 0 Å². The van der Waals surface area contributed by atoms with Crippen LogP contribution in [0.5, 0.6) is 5.88 Å². The van der Waals surface area contributed by atoms with Crippen LogP contribution in [0.2, 0.25) is 0 Å². The standard InChI is InChI=1S/C18H16N2O3/c1-12-4-2-5-13-8-14-9-20(10-15-6-3-7-22-15)16(21)11-23-18(14)19-17(12)13/h2-8H,9-11H2,1H3. The van der Waals surface area contributed by atoms with Gasteiger partial charge in [0.05, 0.1) is 24.9 Å². The predicted octanol–water partition coefficient (Wildman–Crippen LogP) is 3.06. The first-order valence-electron chi connectivity index (χ1n) is 7.53. The van der Waals surface area contributed by atoms with Crippen molar-refractivity contribution >= 4 is 16.8 Å². The average molecular weight is 308 g/mol. The van der Waals surface area contributed by atoms with E-state index in [9.17, 15) is 4.79 Å². The van der Waals surface area contributed by atoms with E-state index >= 15 is 0 Å². The molecule has 0 unspecified atom stereocenters. The van der Waals surface area contributed by atoms with Crippen LogP contribution in [0, 0.1) is 6.92 Å². The first-order chi connectivity index (χ1) is 11.2. The molecule has 1 amide bonds. The number of benzene rings is 1. The quantitative estimate of drug-likeness (QED) is 0.730. The summed E-state index contributed by atoms with van der Waals surface area (Å²) in [6.07, 6.45) is 1.61. The Morgan fingerprint density at radius 1 is 1.26 bits per heavy atom. The summed E-state index contributed by atoms with van der Waals surface area (Å²) in [4.78, 5) is 18.6. The van der Waals surface area contributed by atoms with E-state index in [4.69, 9.17) is 9.15 Å². The third-order valence-corrected chi connectivity index (χ3v) is 4.06. The van der Waals surface area contributed by atoms with Crippen molar-refractivity contribution in [1.29, 1.82) is 0 Å². The number of para-hydroxylation sites is 1. The van der Waals surface area contributed by atoms with Gasteiger partial charge in [-0.05, 0) is 30.7 Å². The SMILES string of the molecule is Cc1cccc2cc3c(nc12)OCC(=O)N(Cc1ccco1)C3. The van der Waals surface area contributed by atoms with E-state index < -0.39 is 0 Å². The average Bonchev–Trinajstić information content (AvgIpc) is 3.00.